The Labute approximate surface area is 131 Å². The number of rotatable bonds is 4. The molecule has 0 heterocycles. The molecule has 0 saturated heterocycles. The molecule has 20 heavy (non-hydrogen) atoms. The Morgan fingerprint density at radius 1 is 1.15 bits per heavy atom. The number of hydrogen-bond acceptors (Lipinski definition) is 3. The summed E-state index contributed by atoms with van der Waals surface area (Å²) in [4.78, 5) is 22.5. The van der Waals surface area contributed by atoms with Crippen LogP contribution in [0.5, 0.6) is 5.75 Å². The number of carbonyl (C=O) groups is 2. The Balaban J connectivity index is 2.99. The van der Waals surface area contributed by atoms with Crippen molar-refractivity contribution in [3.8, 4) is 5.75 Å². The topological polar surface area (TPSA) is 81.4 Å². The summed E-state index contributed by atoms with van der Waals surface area (Å²) in [7, 11) is 0. The maximum Gasteiger partial charge on any atom is 0.318 e. The lowest BCUT2D eigenvalue weighted by atomic mass is 10.1. The predicted octanol–water partition coefficient (Wildman–Crippen LogP) is 3.25. The molecule has 0 bridgehead atoms. The highest BCUT2D eigenvalue weighted by molar-refractivity contribution is 6.43. The first-order valence-corrected chi connectivity index (χ1v) is 6.77. The standard InChI is InChI=1S/C12H13Cl3N2O3/c1-5(2)10(11(18)17-12(16)19)20-9-4-7(14)6(13)3-8(9)15/h3-5,10H,1-2H3,(H3,16,17,18,19). The van der Waals surface area contributed by atoms with E-state index in [1.807, 2.05) is 5.32 Å². The van der Waals surface area contributed by atoms with Crippen LogP contribution in [-0.4, -0.2) is 18.0 Å². The van der Waals surface area contributed by atoms with E-state index in [1.165, 1.54) is 12.1 Å². The number of nitrogens with one attached hydrogen (secondary N) is 1. The molecule has 110 valence electrons. The quantitative estimate of drug-likeness (QED) is 0.826. The average Bonchev–Trinajstić information content (AvgIpc) is 2.30. The number of carbonyl (C=O) groups excluding carboxylic acids is 2. The van der Waals surface area contributed by atoms with E-state index in [9.17, 15) is 9.59 Å². The van der Waals surface area contributed by atoms with Crippen molar-refractivity contribution in [2.45, 2.75) is 20.0 Å². The van der Waals surface area contributed by atoms with Crippen LogP contribution < -0.4 is 15.8 Å². The lowest BCUT2D eigenvalue weighted by Crippen LogP contribution is -2.46. The zero-order valence-corrected chi connectivity index (χ0v) is 13.0. The van der Waals surface area contributed by atoms with Gasteiger partial charge in [-0.15, -0.1) is 0 Å². The van der Waals surface area contributed by atoms with E-state index >= 15 is 0 Å². The molecule has 3 amide bonds. The Kier molecular flexibility index (Phi) is 5.92. The van der Waals surface area contributed by atoms with Gasteiger partial charge in [0.1, 0.15) is 5.75 Å². The minimum Gasteiger partial charge on any atom is -0.479 e. The summed E-state index contributed by atoms with van der Waals surface area (Å²) >= 11 is 17.6. The average molecular weight is 340 g/mol. The van der Waals surface area contributed by atoms with Crippen LogP contribution in [-0.2, 0) is 4.79 Å². The maximum absolute atomic E-state index is 11.8. The van der Waals surface area contributed by atoms with Crippen LogP contribution >= 0.6 is 34.8 Å². The van der Waals surface area contributed by atoms with Crippen LogP contribution in [0.2, 0.25) is 15.1 Å². The first kappa shape index (κ1) is 16.9. The predicted molar refractivity (Wildman–Crippen MR) is 78.5 cm³/mol. The number of imide groups is 1. The van der Waals surface area contributed by atoms with Crippen LogP contribution in [0.1, 0.15) is 13.8 Å². The fourth-order valence-electron chi connectivity index (χ4n) is 1.42. The highest BCUT2D eigenvalue weighted by atomic mass is 35.5. The van der Waals surface area contributed by atoms with E-state index in [2.05, 4.69) is 0 Å². The number of amides is 3. The molecule has 0 aliphatic heterocycles. The van der Waals surface area contributed by atoms with Crippen molar-refractivity contribution in [3.05, 3.63) is 27.2 Å². The molecule has 5 nitrogen and oxygen atoms in total. The van der Waals surface area contributed by atoms with Gasteiger partial charge >= 0.3 is 6.03 Å². The molecule has 0 spiro atoms. The normalized spacial score (nSPS) is 12.1. The lowest BCUT2D eigenvalue weighted by Gasteiger charge is -2.22. The summed E-state index contributed by atoms with van der Waals surface area (Å²) in [6.07, 6.45) is -0.947. The minimum atomic E-state index is -0.954. The second kappa shape index (κ2) is 7.02. The second-order valence-electron chi connectivity index (χ2n) is 4.33. The second-order valence-corrected chi connectivity index (χ2v) is 5.55. The Hall–Kier alpha value is -1.17. The molecule has 0 aromatic heterocycles. The minimum absolute atomic E-state index is 0.194. The number of nitrogens with two attached hydrogens (primary N) is 1. The van der Waals surface area contributed by atoms with Crippen molar-refractivity contribution in [1.29, 1.82) is 0 Å². The summed E-state index contributed by atoms with van der Waals surface area (Å²) in [6.45, 7) is 3.49. The van der Waals surface area contributed by atoms with Crippen molar-refractivity contribution in [3.63, 3.8) is 0 Å². The van der Waals surface area contributed by atoms with E-state index in [-0.39, 0.29) is 26.7 Å². The number of urea groups is 1. The number of hydrogen-bond donors (Lipinski definition) is 2. The third-order valence-electron chi connectivity index (χ3n) is 2.34. The van der Waals surface area contributed by atoms with Gasteiger partial charge in [0.05, 0.1) is 15.1 Å². The van der Waals surface area contributed by atoms with Gasteiger partial charge in [-0.05, 0) is 12.0 Å². The van der Waals surface area contributed by atoms with Gasteiger partial charge in [-0.25, -0.2) is 4.79 Å². The highest BCUT2D eigenvalue weighted by Gasteiger charge is 2.26. The zero-order valence-electron chi connectivity index (χ0n) is 10.7. The van der Waals surface area contributed by atoms with Gasteiger partial charge in [0, 0.05) is 6.07 Å². The SMILES string of the molecule is CC(C)C(Oc1cc(Cl)c(Cl)cc1Cl)C(=O)NC(N)=O. The van der Waals surface area contributed by atoms with Gasteiger partial charge in [-0.1, -0.05) is 48.7 Å². The maximum atomic E-state index is 11.8. The van der Waals surface area contributed by atoms with E-state index in [1.54, 1.807) is 13.8 Å². The molecule has 1 unspecified atom stereocenters. The van der Waals surface area contributed by atoms with Crippen LogP contribution in [0.15, 0.2) is 12.1 Å². The zero-order chi connectivity index (χ0) is 15.4. The van der Waals surface area contributed by atoms with Gasteiger partial charge in [0.25, 0.3) is 5.91 Å². The highest BCUT2D eigenvalue weighted by Crippen LogP contribution is 2.34. The lowest BCUT2D eigenvalue weighted by molar-refractivity contribution is -0.128. The van der Waals surface area contributed by atoms with Crippen LogP contribution in [0.4, 0.5) is 4.79 Å². The van der Waals surface area contributed by atoms with Gasteiger partial charge < -0.3 is 10.5 Å². The van der Waals surface area contributed by atoms with E-state index in [0.29, 0.717) is 0 Å². The summed E-state index contributed by atoms with van der Waals surface area (Å²) < 4.78 is 5.51. The van der Waals surface area contributed by atoms with Crippen molar-refractivity contribution < 1.29 is 14.3 Å². The van der Waals surface area contributed by atoms with E-state index < -0.39 is 18.0 Å². The van der Waals surface area contributed by atoms with Crippen molar-refractivity contribution >= 4 is 46.7 Å². The number of primary amides is 1. The Morgan fingerprint density at radius 3 is 2.20 bits per heavy atom. The van der Waals surface area contributed by atoms with Crippen molar-refractivity contribution in [2.75, 3.05) is 0 Å². The molecule has 0 aliphatic carbocycles. The largest absolute Gasteiger partial charge is 0.479 e. The molecule has 0 aliphatic rings. The summed E-state index contributed by atoms with van der Waals surface area (Å²) in [5.41, 5.74) is 4.91. The van der Waals surface area contributed by atoms with Gasteiger partial charge in [-0.2, -0.15) is 0 Å². The smallest absolute Gasteiger partial charge is 0.318 e. The molecule has 1 atom stereocenters. The van der Waals surface area contributed by atoms with Crippen molar-refractivity contribution in [2.24, 2.45) is 11.7 Å². The number of halogens is 3. The molecule has 8 heteroatoms. The Bertz CT molecular complexity index is 535. The summed E-state index contributed by atoms with van der Waals surface area (Å²) in [6, 6.07) is 1.85. The summed E-state index contributed by atoms with van der Waals surface area (Å²) in [5, 5.41) is 2.68. The van der Waals surface area contributed by atoms with Gasteiger partial charge in [-0.3, -0.25) is 10.1 Å². The van der Waals surface area contributed by atoms with E-state index in [4.69, 9.17) is 45.3 Å². The van der Waals surface area contributed by atoms with Crippen LogP contribution in [0, 0.1) is 5.92 Å². The van der Waals surface area contributed by atoms with Crippen LogP contribution in [0.25, 0.3) is 0 Å². The first-order chi connectivity index (χ1) is 9.22. The molecular formula is C12H13Cl3N2O3. The molecule has 3 N–H and O–H groups in total. The third-order valence-corrected chi connectivity index (χ3v) is 3.36. The molecule has 1 aromatic carbocycles. The van der Waals surface area contributed by atoms with E-state index in [0.717, 1.165) is 0 Å². The molecule has 1 aromatic rings. The fraction of sp³-hybridized carbons (Fsp3) is 0.333. The number of ether oxygens (including phenoxy) is 1. The fourth-order valence-corrected chi connectivity index (χ4v) is 2.00. The van der Waals surface area contributed by atoms with Gasteiger partial charge in [0.2, 0.25) is 0 Å². The first-order valence-electron chi connectivity index (χ1n) is 5.64. The van der Waals surface area contributed by atoms with Crippen LogP contribution in [0.3, 0.4) is 0 Å². The summed E-state index contributed by atoms with van der Waals surface area (Å²) in [5.74, 6) is -0.686. The molecule has 0 saturated carbocycles. The third kappa shape index (κ3) is 4.44. The molecule has 0 radical (unpaired) electrons. The van der Waals surface area contributed by atoms with Gasteiger partial charge in [0.15, 0.2) is 6.10 Å². The Morgan fingerprint density at radius 2 is 1.70 bits per heavy atom. The monoisotopic (exact) mass is 338 g/mol. The molecule has 0 fully saturated rings. The van der Waals surface area contributed by atoms with Crippen molar-refractivity contribution in [1.82, 2.24) is 5.32 Å². The number of benzene rings is 1. The molecule has 1 rings (SSSR count). The molecular weight excluding hydrogens is 327 g/mol.